The summed E-state index contributed by atoms with van der Waals surface area (Å²) < 4.78 is 11.1. The van der Waals surface area contributed by atoms with Crippen LogP contribution in [0.1, 0.15) is 50.7 Å². The molecule has 0 saturated carbocycles. The van der Waals surface area contributed by atoms with Gasteiger partial charge < -0.3 is 19.6 Å². The summed E-state index contributed by atoms with van der Waals surface area (Å²) in [4.78, 5) is 54.0. The number of hydrogen-bond donors (Lipinski definition) is 1. The lowest BCUT2D eigenvalue weighted by Crippen LogP contribution is -2.49. The first kappa shape index (κ1) is 24.4. The number of nitrogens with zero attached hydrogens (tertiary/aromatic N) is 1. The molecule has 3 amide bonds. The molecule has 0 spiro atoms. The summed E-state index contributed by atoms with van der Waals surface area (Å²) in [5, 5.41) is 2.89. The van der Waals surface area contributed by atoms with Gasteiger partial charge in [0.25, 0.3) is 11.8 Å². The molecule has 9 nitrogen and oxygen atoms in total. The zero-order chi connectivity index (χ0) is 25.2. The van der Waals surface area contributed by atoms with Crippen LogP contribution in [0.15, 0.2) is 48.5 Å². The number of rotatable bonds is 7. The van der Waals surface area contributed by atoms with E-state index in [2.05, 4.69) is 5.32 Å². The smallest absolute Gasteiger partial charge is 0.407 e. The molecule has 0 radical (unpaired) electrons. The molecule has 1 fully saturated rings. The van der Waals surface area contributed by atoms with Gasteiger partial charge in [-0.25, -0.2) is 9.59 Å². The molecule has 4 rings (SSSR count). The number of benzene rings is 2. The van der Waals surface area contributed by atoms with E-state index in [-0.39, 0.29) is 32.0 Å². The van der Waals surface area contributed by atoms with Crippen LogP contribution in [0, 0.1) is 0 Å². The van der Waals surface area contributed by atoms with E-state index < -0.39 is 35.5 Å². The average molecular weight is 481 g/mol. The van der Waals surface area contributed by atoms with E-state index in [1.807, 2.05) is 48.5 Å². The number of carbonyl (C=O) groups excluding carboxylic acids is 4. The minimum atomic E-state index is -1.29. The Morgan fingerprint density at radius 1 is 0.971 bits per heavy atom. The van der Waals surface area contributed by atoms with Crippen molar-refractivity contribution in [3.63, 3.8) is 0 Å². The Bertz CT molecular complexity index is 1090. The molecule has 1 atom stereocenters. The summed E-state index contributed by atoms with van der Waals surface area (Å²) >= 11 is 0. The highest BCUT2D eigenvalue weighted by atomic mass is 16.7. The van der Waals surface area contributed by atoms with Crippen molar-refractivity contribution in [1.29, 1.82) is 0 Å². The van der Waals surface area contributed by atoms with Crippen LogP contribution in [0.5, 0.6) is 0 Å². The summed E-state index contributed by atoms with van der Waals surface area (Å²) in [7, 11) is 0. The highest BCUT2D eigenvalue weighted by Gasteiger charge is 2.36. The maximum absolute atomic E-state index is 12.7. The van der Waals surface area contributed by atoms with Gasteiger partial charge in [0.2, 0.25) is 0 Å². The third-order valence-corrected chi connectivity index (χ3v) is 5.79. The molecule has 184 valence electrons. The third kappa shape index (κ3) is 5.51. The molecule has 1 heterocycles. The summed E-state index contributed by atoms with van der Waals surface area (Å²) in [6, 6.07) is 14.6. The molecular formula is C26H28N2O7. The zero-order valence-electron chi connectivity index (χ0n) is 19.9. The van der Waals surface area contributed by atoms with Gasteiger partial charge in [0.05, 0.1) is 12.2 Å². The highest BCUT2D eigenvalue weighted by Crippen LogP contribution is 2.44. The van der Waals surface area contributed by atoms with Crippen LogP contribution in [0.4, 0.5) is 4.79 Å². The van der Waals surface area contributed by atoms with Crippen LogP contribution >= 0.6 is 0 Å². The van der Waals surface area contributed by atoms with Gasteiger partial charge in [-0.3, -0.25) is 9.59 Å². The monoisotopic (exact) mass is 480 g/mol. The number of amides is 3. The van der Waals surface area contributed by atoms with E-state index in [0.717, 1.165) is 22.3 Å². The zero-order valence-corrected chi connectivity index (χ0v) is 19.9. The third-order valence-electron chi connectivity index (χ3n) is 5.79. The SMILES string of the molecule is CC(C)(C)OCC(NC(=O)OCC1c2ccccc2-c2ccccc21)C(=O)ON1C(=O)CCC1=O. The van der Waals surface area contributed by atoms with Crippen LogP contribution in [-0.2, 0) is 28.7 Å². The lowest BCUT2D eigenvalue weighted by atomic mass is 9.98. The molecular weight excluding hydrogens is 452 g/mol. The Morgan fingerprint density at radius 3 is 2.06 bits per heavy atom. The van der Waals surface area contributed by atoms with E-state index in [4.69, 9.17) is 14.3 Å². The molecule has 1 saturated heterocycles. The number of carbonyl (C=O) groups is 4. The van der Waals surface area contributed by atoms with Crippen LogP contribution in [0.2, 0.25) is 0 Å². The molecule has 1 aliphatic heterocycles. The van der Waals surface area contributed by atoms with Crippen molar-refractivity contribution in [2.75, 3.05) is 13.2 Å². The molecule has 2 aliphatic rings. The number of fused-ring (bicyclic) bond motifs is 3. The van der Waals surface area contributed by atoms with E-state index in [0.29, 0.717) is 5.06 Å². The molecule has 9 heteroatoms. The van der Waals surface area contributed by atoms with Gasteiger partial charge >= 0.3 is 12.1 Å². The molecule has 1 aliphatic carbocycles. The van der Waals surface area contributed by atoms with Crippen LogP contribution in [-0.4, -0.2) is 53.8 Å². The van der Waals surface area contributed by atoms with Gasteiger partial charge in [-0.1, -0.05) is 48.5 Å². The Hall–Kier alpha value is -3.72. The Balaban J connectivity index is 1.43. The maximum atomic E-state index is 12.7. The predicted molar refractivity (Wildman–Crippen MR) is 125 cm³/mol. The maximum Gasteiger partial charge on any atom is 0.407 e. The first-order valence-corrected chi connectivity index (χ1v) is 11.5. The van der Waals surface area contributed by atoms with Crippen LogP contribution in [0.3, 0.4) is 0 Å². The number of hydrogen-bond acceptors (Lipinski definition) is 7. The van der Waals surface area contributed by atoms with Gasteiger partial charge in [0.1, 0.15) is 6.61 Å². The van der Waals surface area contributed by atoms with Crippen molar-refractivity contribution in [3.8, 4) is 11.1 Å². The normalized spacial score (nSPS) is 16.0. The lowest BCUT2D eigenvalue weighted by molar-refractivity contribution is -0.200. The number of imide groups is 1. The van der Waals surface area contributed by atoms with Gasteiger partial charge in [0, 0.05) is 18.8 Å². The number of nitrogens with one attached hydrogen (secondary N) is 1. The second-order valence-corrected chi connectivity index (χ2v) is 9.44. The van der Waals surface area contributed by atoms with Crippen molar-refractivity contribution in [3.05, 3.63) is 59.7 Å². The van der Waals surface area contributed by atoms with Crippen LogP contribution < -0.4 is 5.32 Å². The minimum absolute atomic E-state index is 0.0327. The molecule has 2 aromatic carbocycles. The molecule has 35 heavy (non-hydrogen) atoms. The minimum Gasteiger partial charge on any atom is -0.449 e. The van der Waals surface area contributed by atoms with E-state index in [1.165, 1.54) is 0 Å². The summed E-state index contributed by atoms with van der Waals surface area (Å²) in [6.07, 6.45) is -0.908. The quantitative estimate of drug-likeness (QED) is 0.605. The standard InChI is InChI=1S/C26H28N2O7/c1-26(2,3)34-15-21(24(31)35-28-22(29)12-13-23(28)30)27-25(32)33-14-20-18-10-6-4-8-16(18)17-9-5-7-11-19(17)20/h4-11,20-21H,12-15H2,1-3H3,(H,27,32). The lowest BCUT2D eigenvalue weighted by Gasteiger charge is -2.25. The first-order chi connectivity index (χ1) is 16.6. The van der Waals surface area contributed by atoms with Crippen molar-refractivity contribution < 1.29 is 33.5 Å². The predicted octanol–water partition coefficient (Wildman–Crippen LogP) is 3.32. The fourth-order valence-corrected chi connectivity index (χ4v) is 4.10. The average Bonchev–Trinajstić information content (AvgIpc) is 3.31. The van der Waals surface area contributed by atoms with Crippen molar-refractivity contribution >= 4 is 23.9 Å². The van der Waals surface area contributed by atoms with E-state index in [1.54, 1.807) is 20.8 Å². The van der Waals surface area contributed by atoms with E-state index in [9.17, 15) is 19.2 Å². The molecule has 1 unspecified atom stereocenters. The summed E-state index contributed by atoms with van der Waals surface area (Å²) in [5.41, 5.74) is 3.69. The molecule has 2 aromatic rings. The highest BCUT2D eigenvalue weighted by molar-refractivity contribution is 6.01. The second-order valence-electron chi connectivity index (χ2n) is 9.44. The van der Waals surface area contributed by atoms with Crippen molar-refractivity contribution in [1.82, 2.24) is 10.4 Å². The number of ether oxygens (including phenoxy) is 2. The molecule has 0 aromatic heterocycles. The summed E-state index contributed by atoms with van der Waals surface area (Å²) in [6.45, 7) is 5.19. The number of hydroxylamine groups is 2. The largest absolute Gasteiger partial charge is 0.449 e. The Kier molecular flexibility index (Phi) is 6.88. The number of alkyl carbamates (subject to hydrolysis) is 1. The van der Waals surface area contributed by atoms with Gasteiger partial charge in [-0.05, 0) is 43.0 Å². The van der Waals surface area contributed by atoms with Crippen molar-refractivity contribution in [2.24, 2.45) is 0 Å². The van der Waals surface area contributed by atoms with E-state index >= 15 is 0 Å². The fraction of sp³-hybridized carbons (Fsp3) is 0.385. The topological polar surface area (TPSA) is 111 Å². The molecule has 1 N–H and O–H groups in total. The van der Waals surface area contributed by atoms with Gasteiger partial charge in [-0.2, -0.15) is 0 Å². The Morgan fingerprint density at radius 2 is 1.51 bits per heavy atom. The molecule has 0 bridgehead atoms. The van der Waals surface area contributed by atoms with Crippen molar-refractivity contribution in [2.45, 2.75) is 51.2 Å². The summed E-state index contributed by atoms with van der Waals surface area (Å²) in [5.74, 6) is -2.37. The van der Waals surface area contributed by atoms with Crippen LogP contribution in [0.25, 0.3) is 11.1 Å². The Labute approximate surface area is 203 Å². The first-order valence-electron chi connectivity index (χ1n) is 11.5. The van der Waals surface area contributed by atoms with Gasteiger partial charge in [0.15, 0.2) is 6.04 Å². The second kappa shape index (κ2) is 9.87. The van der Waals surface area contributed by atoms with Gasteiger partial charge in [-0.15, -0.1) is 5.06 Å². The fourth-order valence-electron chi connectivity index (χ4n) is 4.10.